The molecule has 0 saturated carbocycles. The van der Waals surface area contributed by atoms with Crippen molar-refractivity contribution in [1.29, 1.82) is 0 Å². The number of benzene rings is 2. The number of ether oxygens (including phenoxy) is 1. The van der Waals surface area contributed by atoms with Gasteiger partial charge in [0.15, 0.2) is 0 Å². The topological polar surface area (TPSA) is 49.7 Å². The molecule has 124 valence electrons. The van der Waals surface area contributed by atoms with Crippen molar-refractivity contribution in [2.24, 2.45) is 5.92 Å². The Kier molecular flexibility index (Phi) is 7.48. The molecule has 2 unspecified atom stereocenters. The monoisotopic (exact) mass is 330 g/mol. The van der Waals surface area contributed by atoms with Crippen LogP contribution in [0.3, 0.4) is 0 Å². The maximum absolute atomic E-state index is 9.34. The summed E-state index contributed by atoms with van der Waals surface area (Å²) in [5, 5.41) is 21.1. The van der Waals surface area contributed by atoms with Crippen molar-refractivity contribution in [2.75, 3.05) is 19.8 Å². The van der Waals surface area contributed by atoms with Gasteiger partial charge in [0.05, 0.1) is 13.2 Å². The molecule has 3 nitrogen and oxygen atoms in total. The molecular weight excluding hydrogens is 304 g/mol. The Hall–Kier alpha value is -1.46. The number of aliphatic hydroxyl groups excluding tert-OH is 2. The van der Waals surface area contributed by atoms with E-state index >= 15 is 0 Å². The number of aliphatic hydroxyl groups is 2. The van der Waals surface area contributed by atoms with Crippen molar-refractivity contribution in [2.45, 2.75) is 19.1 Å². The first-order chi connectivity index (χ1) is 11.2. The second kappa shape index (κ2) is 9.63. The first-order valence-electron chi connectivity index (χ1n) is 8.17. The second-order valence-electron chi connectivity index (χ2n) is 6.09. The van der Waals surface area contributed by atoms with Crippen LogP contribution in [0.1, 0.15) is 6.92 Å². The molecule has 2 aromatic rings. The minimum atomic E-state index is -1.27. The minimum absolute atomic E-state index is 0.198. The highest BCUT2D eigenvalue weighted by atomic mass is 28.3. The fourth-order valence-electron chi connectivity index (χ4n) is 2.76. The molecule has 2 N–H and O–H groups in total. The van der Waals surface area contributed by atoms with Crippen LogP contribution in [-0.4, -0.2) is 44.9 Å². The first kappa shape index (κ1) is 17.9. The van der Waals surface area contributed by atoms with Crippen molar-refractivity contribution in [3.63, 3.8) is 0 Å². The lowest BCUT2D eigenvalue weighted by atomic mass is 10.2. The molecule has 0 spiro atoms. The van der Waals surface area contributed by atoms with E-state index in [0.717, 1.165) is 6.04 Å². The van der Waals surface area contributed by atoms with Crippen LogP contribution < -0.4 is 10.4 Å². The number of hydrogen-bond acceptors (Lipinski definition) is 3. The van der Waals surface area contributed by atoms with Gasteiger partial charge in [-0.25, -0.2) is 0 Å². The van der Waals surface area contributed by atoms with Crippen molar-refractivity contribution in [3.05, 3.63) is 60.7 Å². The average molecular weight is 331 g/mol. The lowest BCUT2D eigenvalue weighted by molar-refractivity contribution is -0.00133. The fraction of sp³-hybridized carbons (Fsp3) is 0.368. The molecule has 0 bridgehead atoms. The Morgan fingerprint density at radius 2 is 1.43 bits per heavy atom. The molecule has 2 atom stereocenters. The quantitative estimate of drug-likeness (QED) is 0.675. The maximum Gasteiger partial charge on any atom is 0.103 e. The van der Waals surface area contributed by atoms with E-state index in [0.29, 0.717) is 12.5 Å². The maximum atomic E-state index is 9.34. The van der Waals surface area contributed by atoms with Crippen LogP contribution in [0.15, 0.2) is 60.7 Å². The molecule has 23 heavy (non-hydrogen) atoms. The number of rotatable bonds is 9. The molecule has 0 aliphatic heterocycles. The predicted octanol–water partition coefficient (Wildman–Crippen LogP) is 1.03. The smallest absolute Gasteiger partial charge is 0.103 e. The lowest BCUT2D eigenvalue weighted by Gasteiger charge is -2.21. The summed E-state index contributed by atoms with van der Waals surface area (Å²) >= 11 is 0. The summed E-state index contributed by atoms with van der Waals surface area (Å²) in [5.41, 5.74) is 0. The van der Waals surface area contributed by atoms with E-state index in [1.807, 2.05) is 0 Å². The molecule has 0 heterocycles. The van der Waals surface area contributed by atoms with Gasteiger partial charge in [-0.05, 0) is 12.0 Å². The minimum Gasteiger partial charge on any atom is -0.394 e. The molecular formula is C19H26O3Si. The van der Waals surface area contributed by atoms with Crippen LogP contribution >= 0.6 is 0 Å². The van der Waals surface area contributed by atoms with Gasteiger partial charge in [0.1, 0.15) is 14.9 Å². The Morgan fingerprint density at radius 3 is 1.91 bits per heavy atom. The van der Waals surface area contributed by atoms with Gasteiger partial charge in [0.25, 0.3) is 0 Å². The summed E-state index contributed by atoms with van der Waals surface area (Å²) in [5.74, 6) is 0.415. The Labute approximate surface area is 140 Å². The zero-order valence-electron chi connectivity index (χ0n) is 13.6. The van der Waals surface area contributed by atoms with E-state index in [1.165, 1.54) is 10.4 Å². The molecule has 0 radical (unpaired) electrons. The first-order valence-corrected chi connectivity index (χ1v) is 10.1. The molecule has 0 amide bonds. The van der Waals surface area contributed by atoms with Crippen LogP contribution in [0.4, 0.5) is 0 Å². The van der Waals surface area contributed by atoms with E-state index in [4.69, 9.17) is 9.84 Å². The van der Waals surface area contributed by atoms with Crippen molar-refractivity contribution < 1.29 is 14.9 Å². The van der Waals surface area contributed by atoms with Gasteiger partial charge in [-0.1, -0.05) is 78.0 Å². The Bertz CT molecular complexity index is 508. The third-order valence-corrected chi connectivity index (χ3v) is 7.62. The number of hydrogen-bond donors (Lipinski definition) is 2. The van der Waals surface area contributed by atoms with Gasteiger partial charge in [-0.2, -0.15) is 0 Å². The average Bonchev–Trinajstić information content (AvgIpc) is 2.61. The van der Waals surface area contributed by atoms with Gasteiger partial charge in [0.2, 0.25) is 0 Å². The Morgan fingerprint density at radius 1 is 0.913 bits per heavy atom. The summed E-state index contributed by atoms with van der Waals surface area (Å²) < 4.78 is 5.53. The molecule has 0 fully saturated rings. The SMILES string of the molecule is CC(COCC(O)CO)C[SiH](c1ccccc1)c1ccccc1. The second-order valence-corrected chi connectivity index (χ2v) is 9.00. The van der Waals surface area contributed by atoms with Crippen LogP contribution in [0.2, 0.25) is 6.04 Å². The normalized spacial score (nSPS) is 13.9. The highest BCUT2D eigenvalue weighted by Gasteiger charge is 2.19. The Balaban J connectivity index is 2.01. The fourth-order valence-corrected chi connectivity index (χ4v) is 6.01. The molecule has 2 aromatic carbocycles. The van der Waals surface area contributed by atoms with E-state index in [2.05, 4.69) is 67.6 Å². The van der Waals surface area contributed by atoms with Gasteiger partial charge in [0, 0.05) is 6.61 Å². The van der Waals surface area contributed by atoms with Crippen molar-refractivity contribution in [3.8, 4) is 0 Å². The van der Waals surface area contributed by atoms with Gasteiger partial charge in [-0.15, -0.1) is 0 Å². The lowest BCUT2D eigenvalue weighted by Crippen LogP contribution is -2.43. The molecule has 2 rings (SSSR count). The zero-order valence-corrected chi connectivity index (χ0v) is 14.8. The van der Waals surface area contributed by atoms with Crippen LogP contribution in [-0.2, 0) is 4.74 Å². The van der Waals surface area contributed by atoms with E-state index < -0.39 is 14.9 Å². The predicted molar refractivity (Wildman–Crippen MR) is 97.2 cm³/mol. The van der Waals surface area contributed by atoms with Crippen LogP contribution in [0, 0.1) is 5.92 Å². The molecule has 0 saturated heterocycles. The highest BCUT2D eigenvalue weighted by molar-refractivity contribution is 6.85. The van der Waals surface area contributed by atoms with E-state index in [1.54, 1.807) is 0 Å². The van der Waals surface area contributed by atoms with Gasteiger partial charge in [-0.3, -0.25) is 0 Å². The highest BCUT2D eigenvalue weighted by Crippen LogP contribution is 2.09. The summed E-state index contributed by atoms with van der Waals surface area (Å²) in [4.78, 5) is 0. The molecule has 0 aliphatic rings. The molecule has 0 aromatic heterocycles. The third kappa shape index (κ3) is 5.92. The van der Waals surface area contributed by atoms with E-state index in [-0.39, 0.29) is 13.2 Å². The van der Waals surface area contributed by atoms with Gasteiger partial charge >= 0.3 is 0 Å². The van der Waals surface area contributed by atoms with Crippen LogP contribution in [0.5, 0.6) is 0 Å². The summed E-state index contributed by atoms with van der Waals surface area (Å²) in [6, 6.07) is 22.6. The van der Waals surface area contributed by atoms with Crippen molar-refractivity contribution >= 4 is 19.2 Å². The van der Waals surface area contributed by atoms with Crippen LogP contribution in [0.25, 0.3) is 0 Å². The summed E-state index contributed by atoms with van der Waals surface area (Å²) in [6.45, 7) is 2.75. The van der Waals surface area contributed by atoms with Gasteiger partial charge < -0.3 is 14.9 Å². The molecule has 0 aliphatic carbocycles. The summed E-state index contributed by atoms with van der Waals surface area (Å²) in [7, 11) is -1.27. The third-order valence-electron chi connectivity index (χ3n) is 3.97. The standard InChI is InChI=1S/C19H26O3Si/c1-16(13-22-14-17(21)12-20)15-23(18-8-4-2-5-9-18)19-10-6-3-7-11-19/h2-11,16-17,20-21,23H,12-15H2,1H3. The summed E-state index contributed by atoms with van der Waals surface area (Å²) in [6.07, 6.45) is -0.779. The zero-order chi connectivity index (χ0) is 16.5. The largest absolute Gasteiger partial charge is 0.394 e. The molecule has 4 heteroatoms. The van der Waals surface area contributed by atoms with E-state index in [9.17, 15) is 5.11 Å². The van der Waals surface area contributed by atoms with Crippen molar-refractivity contribution in [1.82, 2.24) is 0 Å².